The molecule has 1 aromatic heterocycles. The zero-order chi connectivity index (χ0) is 33.6. The maximum absolute atomic E-state index is 13.8. The third-order valence-electron chi connectivity index (χ3n) is 13.6. The quantitative estimate of drug-likeness (QED) is 0.328. The molecule has 2 aromatic rings. The standard InChI is InChI=1S/C40H46N2O5/c1-24-26-12-13-30-38(4,27(26)21-29(43)34(24)45)17-19-40(6)31-22-37(3,15-14-36(31,2)16-18-39(30,40)5)35(46)47-23-32(44)42-28-11-7-9-25-10-8-20-41-33(25)28/h7-13,20-21,31,45H,14-19,22-23H2,1-6H3,(H,42,44)/t31-,36-,37-,38+,39-,40+/m1/s1. The molecule has 5 aliphatic rings. The highest BCUT2D eigenvalue weighted by Gasteiger charge is 2.67. The van der Waals surface area contributed by atoms with Gasteiger partial charge in [-0.2, -0.15) is 0 Å². The molecule has 3 fully saturated rings. The second kappa shape index (κ2) is 10.5. The molecule has 47 heavy (non-hydrogen) atoms. The van der Waals surface area contributed by atoms with E-state index in [4.69, 9.17) is 4.74 Å². The first kappa shape index (κ1) is 31.6. The zero-order valence-corrected chi connectivity index (χ0v) is 28.5. The minimum absolute atomic E-state index is 0.0797. The van der Waals surface area contributed by atoms with Crippen LogP contribution in [0.4, 0.5) is 5.69 Å². The van der Waals surface area contributed by atoms with Crippen molar-refractivity contribution >= 4 is 34.3 Å². The number of amides is 1. The van der Waals surface area contributed by atoms with Gasteiger partial charge in [-0.15, -0.1) is 0 Å². The summed E-state index contributed by atoms with van der Waals surface area (Å²) in [4.78, 5) is 44.0. The van der Waals surface area contributed by atoms with Gasteiger partial charge in [-0.3, -0.25) is 19.4 Å². The molecule has 0 unspecified atom stereocenters. The average Bonchev–Trinajstić information content (AvgIpc) is 3.05. The molecule has 7 nitrogen and oxygen atoms in total. The molecular weight excluding hydrogens is 588 g/mol. The number of nitrogens with one attached hydrogen (secondary N) is 1. The predicted molar refractivity (Wildman–Crippen MR) is 182 cm³/mol. The number of carbonyl (C=O) groups excluding carboxylic acids is 3. The molecular formula is C40H46N2O5. The number of carbonyl (C=O) groups is 3. The van der Waals surface area contributed by atoms with Crippen LogP contribution in [0, 0.1) is 33.0 Å². The number of hydrogen-bond donors (Lipinski definition) is 2. The molecule has 7 heteroatoms. The number of aliphatic hydroxyl groups is 1. The maximum atomic E-state index is 13.8. The van der Waals surface area contributed by atoms with Crippen LogP contribution < -0.4 is 5.32 Å². The topological polar surface area (TPSA) is 106 Å². The van der Waals surface area contributed by atoms with E-state index in [2.05, 4.69) is 50.1 Å². The van der Waals surface area contributed by atoms with Gasteiger partial charge in [0.25, 0.3) is 5.91 Å². The fourth-order valence-electron chi connectivity index (χ4n) is 10.3. The Hall–Kier alpha value is -4.00. The summed E-state index contributed by atoms with van der Waals surface area (Å²) in [5, 5.41) is 14.2. The first-order chi connectivity index (χ1) is 22.2. The number of aliphatic hydroxyl groups excluding tert-OH is 1. The highest BCUT2D eigenvalue weighted by atomic mass is 16.5. The lowest BCUT2D eigenvalue weighted by atomic mass is 9.34. The third-order valence-corrected chi connectivity index (χ3v) is 13.6. The van der Waals surface area contributed by atoms with Crippen LogP contribution in [-0.4, -0.2) is 34.4 Å². The van der Waals surface area contributed by atoms with Gasteiger partial charge in [0.2, 0.25) is 5.78 Å². The largest absolute Gasteiger partial charge is 0.504 e. The van der Waals surface area contributed by atoms with Crippen LogP contribution in [-0.2, 0) is 19.1 Å². The van der Waals surface area contributed by atoms with E-state index in [1.807, 2.05) is 38.1 Å². The van der Waals surface area contributed by atoms with E-state index in [-0.39, 0.29) is 57.6 Å². The van der Waals surface area contributed by atoms with Crippen LogP contribution in [0.5, 0.6) is 0 Å². The number of aromatic nitrogens is 1. The van der Waals surface area contributed by atoms with E-state index in [1.165, 1.54) is 5.57 Å². The number of benzene rings is 1. The van der Waals surface area contributed by atoms with Crippen molar-refractivity contribution in [2.45, 2.75) is 86.5 Å². The van der Waals surface area contributed by atoms with Gasteiger partial charge in [-0.25, -0.2) is 0 Å². The Balaban J connectivity index is 1.13. The summed E-state index contributed by atoms with van der Waals surface area (Å²) < 4.78 is 5.77. The number of rotatable bonds is 4. The van der Waals surface area contributed by atoms with Crippen LogP contribution in [0.3, 0.4) is 0 Å². The minimum atomic E-state index is -0.695. The van der Waals surface area contributed by atoms with Crippen LogP contribution in [0.25, 0.3) is 10.9 Å². The van der Waals surface area contributed by atoms with Crippen LogP contribution in [0.15, 0.2) is 82.8 Å². The number of anilines is 1. The molecule has 5 aliphatic carbocycles. The van der Waals surface area contributed by atoms with Crippen molar-refractivity contribution in [3.63, 3.8) is 0 Å². The second-order valence-corrected chi connectivity index (χ2v) is 16.1. The number of pyridine rings is 1. The Morgan fingerprint density at radius 3 is 2.51 bits per heavy atom. The van der Waals surface area contributed by atoms with E-state index >= 15 is 0 Å². The third kappa shape index (κ3) is 4.51. The molecule has 7 rings (SSSR count). The number of allylic oxidation sites excluding steroid dienone is 7. The fraction of sp³-hybridized carbons (Fsp3) is 0.500. The van der Waals surface area contributed by atoms with E-state index in [0.29, 0.717) is 23.2 Å². The van der Waals surface area contributed by atoms with Gasteiger partial charge < -0.3 is 15.2 Å². The number of nitrogens with zero attached hydrogens (tertiary/aromatic N) is 1. The first-order valence-electron chi connectivity index (χ1n) is 17.1. The van der Waals surface area contributed by atoms with Gasteiger partial charge in [0, 0.05) is 22.6 Å². The highest BCUT2D eigenvalue weighted by Crippen LogP contribution is 2.75. The van der Waals surface area contributed by atoms with Gasteiger partial charge >= 0.3 is 5.97 Å². The Labute approximate surface area is 277 Å². The molecule has 246 valence electrons. The molecule has 6 atom stereocenters. The molecule has 1 amide bonds. The average molecular weight is 635 g/mol. The number of ketones is 1. The molecule has 3 saturated carbocycles. The second-order valence-electron chi connectivity index (χ2n) is 16.1. The minimum Gasteiger partial charge on any atom is -0.504 e. The van der Waals surface area contributed by atoms with Crippen molar-refractivity contribution < 1.29 is 24.2 Å². The van der Waals surface area contributed by atoms with Crippen molar-refractivity contribution in [2.75, 3.05) is 11.9 Å². The highest BCUT2D eigenvalue weighted by molar-refractivity contribution is 6.06. The molecule has 1 aromatic carbocycles. The molecule has 0 bridgehead atoms. The van der Waals surface area contributed by atoms with Crippen molar-refractivity contribution in [1.29, 1.82) is 0 Å². The fourth-order valence-corrected chi connectivity index (χ4v) is 10.3. The number of para-hydroxylation sites is 1. The van der Waals surface area contributed by atoms with Gasteiger partial charge in [0.05, 0.1) is 16.6 Å². The summed E-state index contributed by atoms with van der Waals surface area (Å²) in [6.07, 6.45) is 14.1. The smallest absolute Gasteiger partial charge is 0.312 e. The Morgan fingerprint density at radius 1 is 0.979 bits per heavy atom. The molecule has 0 radical (unpaired) electrons. The Kier molecular flexibility index (Phi) is 7.06. The van der Waals surface area contributed by atoms with Crippen molar-refractivity contribution in [1.82, 2.24) is 4.98 Å². The van der Waals surface area contributed by atoms with Gasteiger partial charge in [-0.1, -0.05) is 63.6 Å². The van der Waals surface area contributed by atoms with Gasteiger partial charge in [-0.05, 0) is 110 Å². The normalized spacial score (nSPS) is 36.2. The Morgan fingerprint density at radius 2 is 1.72 bits per heavy atom. The van der Waals surface area contributed by atoms with Gasteiger partial charge in [0.1, 0.15) is 0 Å². The molecule has 1 heterocycles. The molecule has 0 aliphatic heterocycles. The molecule has 2 N–H and O–H groups in total. The summed E-state index contributed by atoms with van der Waals surface area (Å²) in [5.74, 6) is -0.873. The number of ether oxygens (including phenoxy) is 1. The predicted octanol–water partition coefficient (Wildman–Crippen LogP) is 8.34. The maximum Gasteiger partial charge on any atom is 0.312 e. The summed E-state index contributed by atoms with van der Waals surface area (Å²) in [5.41, 5.74) is 4.20. The van der Waals surface area contributed by atoms with Crippen LogP contribution in [0.2, 0.25) is 0 Å². The lowest BCUT2D eigenvalue weighted by Gasteiger charge is -2.70. The van der Waals surface area contributed by atoms with E-state index in [0.717, 1.165) is 55.1 Å². The summed E-state index contributed by atoms with van der Waals surface area (Å²) in [6.45, 7) is 13.1. The zero-order valence-electron chi connectivity index (χ0n) is 28.5. The van der Waals surface area contributed by atoms with Crippen molar-refractivity contribution in [2.24, 2.45) is 33.0 Å². The summed E-state index contributed by atoms with van der Waals surface area (Å²) >= 11 is 0. The monoisotopic (exact) mass is 634 g/mol. The first-order valence-corrected chi connectivity index (χ1v) is 17.1. The van der Waals surface area contributed by atoms with E-state index in [9.17, 15) is 19.5 Å². The Bertz CT molecular complexity index is 1860. The number of fused-ring (bicyclic) bond motifs is 8. The van der Waals surface area contributed by atoms with E-state index < -0.39 is 5.41 Å². The molecule has 0 saturated heterocycles. The van der Waals surface area contributed by atoms with Crippen molar-refractivity contribution in [3.8, 4) is 0 Å². The number of esters is 1. The van der Waals surface area contributed by atoms with E-state index in [1.54, 1.807) is 18.3 Å². The van der Waals surface area contributed by atoms with Crippen molar-refractivity contribution in [3.05, 3.63) is 82.8 Å². The SMILES string of the molecule is CC1=C(O)C(=O)C=C2C1=CC=C1[C@@]2(C)CC[C@@]2(C)[C@@H]3C[C@](C)(C(=O)OCC(=O)Nc4cccc5cccnc45)CC[C@]3(C)CC[C@]12C. The summed E-state index contributed by atoms with van der Waals surface area (Å²) in [6, 6.07) is 9.40. The summed E-state index contributed by atoms with van der Waals surface area (Å²) in [7, 11) is 0. The lowest BCUT2D eigenvalue weighted by molar-refractivity contribution is -0.182. The van der Waals surface area contributed by atoms with Crippen LogP contribution >= 0.6 is 0 Å². The van der Waals surface area contributed by atoms with Gasteiger partial charge in [0.15, 0.2) is 12.4 Å². The van der Waals surface area contributed by atoms with Crippen LogP contribution in [0.1, 0.15) is 86.5 Å². The number of hydrogen-bond acceptors (Lipinski definition) is 6. The molecule has 0 spiro atoms. The lowest BCUT2D eigenvalue weighted by Crippen LogP contribution is -2.62.